The number of nitrogens with one attached hydrogen (secondary N) is 1. The molecule has 0 aromatic heterocycles. The second-order valence-electron chi connectivity index (χ2n) is 16.5. The van der Waals surface area contributed by atoms with Crippen LogP contribution >= 0.6 is 0 Å². The smallest absolute Gasteiger partial charge is 0.326 e. The third-order valence-corrected chi connectivity index (χ3v) is 11.1. The van der Waals surface area contributed by atoms with Gasteiger partial charge in [0.25, 0.3) is 0 Å². The first-order chi connectivity index (χ1) is 26.9. The van der Waals surface area contributed by atoms with Gasteiger partial charge in [0, 0.05) is 12.8 Å². The van der Waals surface area contributed by atoms with E-state index >= 15 is 0 Å². The molecule has 0 spiro atoms. The highest BCUT2D eigenvalue weighted by atomic mass is 16.5. The number of carboxylic acid groups (broad SMARTS) is 1. The highest BCUT2D eigenvalue weighted by Gasteiger charge is 2.19. The van der Waals surface area contributed by atoms with E-state index in [1.165, 1.54) is 154 Å². The van der Waals surface area contributed by atoms with Crippen LogP contribution in [0.15, 0.2) is 12.2 Å². The van der Waals surface area contributed by atoms with Crippen LogP contribution in [0.3, 0.4) is 0 Å². The zero-order valence-corrected chi connectivity index (χ0v) is 36.5. The molecular weight excluding hydrogens is 685 g/mol. The van der Waals surface area contributed by atoms with Crippen molar-refractivity contribution in [1.82, 2.24) is 5.32 Å². The number of esters is 1. The minimum absolute atomic E-state index is 0.0141. The largest absolute Gasteiger partial charge is 0.480 e. The fraction of sp³-hybridized carbons (Fsp3) is 0.896. The van der Waals surface area contributed by atoms with E-state index in [1.54, 1.807) is 0 Å². The number of nitrogens with two attached hydrogens (primary N) is 1. The molecule has 0 aromatic rings. The molecule has 0 aliphatic carbocycles. The number of carbonyl (C=O) groups excluding carboxylic acids is 2. The number of carbonyl (C=O) groups is 3. The first-order valence-corrected chi connectivity index (χ1v) is 24.0. The van der Waals surface area contributed by atoms with Crippen LogP contribution in [0.25, 0.3) is 0 Å². The summed E-state index contributed by atoms with van der Waals surface area (Å²) in [5, 5.41) is 12.0. The Balaban J connectivity index is 4.30. The maximum absolute atomic E-state index is 12.8. The molecule has 0 saturated heterocycles. The molecule has 0 bridgehead atoms. The second kappa shape index (κ2) is 43.2. The number of rotatable bonds is 44. The minimum atomic E-state index is -1.00. The third-order valence-electron chi connectivity index (χ3n) is 11.1. The Morgan fingerprint density at radius 2 is 0.891 bits per heavy atom. The molecule has 1 amide bonds. The number of ether oxygens (including phenoxy) is 1. The molecule has 0 rings (SSSR count). The predicted octanol–water partition coefficient (Wildman–Crippen LogP) is 13.8. The van der Waals surface area contributed by atoms with Crippen molar-refractivity contribution < 1.29 is 24.2 Å². The van der Waals surface area contributed by atoms with Gasteiger partial charge < -0.3 is 20.9 Å². The topological polar surface area (TPSA) is 119 Å². The quantitative estimate of drug-likeness (QED) is 0.0322. The number of unbranched alkanes of at least 4 members (excludes halogenated alkanes) is 28. The maximum atomic E-state index is 12.8. The van der Waals surface area contributed by atoms with E-state index < -0.39 is 12.0 Å². The van der Waals surface area contributed by atoms with Gasteiger partial charge in [0.05, 0.1) is 0 Å². The lowest BCUT2D eigenvalue weighted by molar-refractivity contribution is -0.150. The molecule has 324 valence electrons. The lowest BCUT2D eigenvalue weighted by Crippen LogP contribution is -2.40. The van der Waals surface area contributed by atoms with Gasteiger partial charge in [-0.2, -0.15) is 0 Å². The molecule has 0 fully saturated rings. The molecule has 0 aliphatic heterocycles. The van der Waals surface area contributed by atoms with Gasteiger partial charge in [-0.25, -0.2) is 4.79 Å². The molecule has 0 saturated carbocycles. The van der Waals surface area contributed by atoms with Crippen LogP contribution in [0, 0.1) is 0 Å². The molecular formula is C48H92N2O5. The molecule has 2 unspecified atom stereocenters. The standard InChI is InChI=1S/C48H92N2O5/c1-3-5-7-9-11-13-15-17-19-21-23-25-27-32-36-42-47(52)55-44(38-33-29-26-24-22-20-18-16-14-12-10-8-6-4-2)39-34-30-28-31-35-41-46(51)50-45(48(53)54)40-37-43-49/h17,19,44-45H,3-16,18,20-43,49H2,1-2H3,(H,50,51)(H,53,54)/b19-17-. The van der Waals surface area contributed by atoms with Gasteiger partial charge in [-0.05, 0) is 83.6 Å². The average molecular weight is 777 g/mol. The van der Waals surface area contributed by atoms with Crippen LogP contribution in [0.1, 0.15) is 258 Å². The van der Waals surface area contributed by atoms with Gasteiger partial charge in [-0.3, -0.25) is 9.59 Å². The number of amides is 1. The summed E-state index contributed by atoms with van der Waals surface area (Å²) in [4.78, 5) is 36.5. The van der Waals surface area contributed by atoms with Crippen molar-refractivity contribution in [3.8, 4) is 0 Å². The first kappa shape index (κ1) is 53.1. The predicted molar refractivity (Wildman–Crippen MR) is 234 cm³/mol. The lowest BCUT2D eigenvalue weighted by Gasteiger charge is -2.18. The highest BCUT2D eigenvalue weighted by Crippen LogP contribution is 2.19. The van der Waals surface area contributed by atoms with Gasteiger partial charge in [-0.15, -0.1) is 0 Å². The van der Waals surface area contributed by atoms with E-state index in [0.29, 0.717) is 32.2 Å². The van der Waals surface area contributed by atoms with Crippen LogP contribution in [0.2, 0.25) is 0 Å². The summed E-state index contributed by atoms with van der Waals surface area (Å²) in [6, 6.07) is -0.854. The molecule has 2 atom stereocenters. The van der Waals surface area contributed by atoms with E-state index in [9.17, 15) is 19.5 Å². The van der Waals surface area contributed by atoms with E-state index in [-0.39, 0.29) is 18.0 Å². The van der Waals surface area contributed by atoms with Crippen molar-refractivity contribution in [2.24, 2.45) is 5.73 Å². The van der Waals surface area contributed by atoms with Gasteiger partial charge in [0.1, 0.15) is 12.1 Å². The van der Waals surface area contributed by atoms with Crippen molar-refractivity contribution in [3.05, 3.63) is 12.2 Å². The van der Waals surface area contributed by atoms with Gasteiger partial charge in [0.2, 0.25) is 5.91 Å². The maximum Gasteiger partial charge on any atom is 0.326 e. The van der Waals surface area contributed by atoms with Crippen LogP contribution in [-0.4, -0.2) is 41.6 Å². The fourth-order valence-corrected chi connectivity index (χ4v) is 7.45. The number of allylic oxidation sites excluding steroid dienone is 2. The summed E-state index contributed by atoms with van der Waals surface area (Å²) in [5.74, 6) is -1.22. The van der Waals surface area contributed by atoms with E-state index in [4.69, 9.17) is 10.5 Å². The molecule has 7 heteroatoms. The van der Waals surface area contributed by atoms with Crippen LogP contribution < -0.4 is 11.1 Å². The lowest BCUT2D eigenvalue weighted by atomic mass is 10.0. The van der Waals surface area contributed by atoms with Crippen LogP contribution in [0.4, 0.5) is 0 Å². The first-order valence-electron chi connectivity index (χ1n) is 24.0. The Labute approximate surface area is 340 Å². The number of carboxylic acids is 1. The van der Waals surface area contributed by atoms with E-state index in [0.717, 1.165) is 64.2 Å². The van der Waals surface area contributed by atoms with E-state index in [2.05, 4.69) is 31.3 Å². The summed E-state index contributed by atoms with van der Waals surface area (Å²) in [6.45, 7) is 4.96. The molecule has 0 radical (unpaired) electrons. The average Bonchev–Trinajstić information content (AvgIpc) is 3.17. The number of hydrogen-bond donors (Lipinski definition) is 3. The van der Waals surface area contributed by atoms with Crippen LogP contribution in [-0.2, 0) is 19.1 Å². The zero-order valence-electron chi connectivity index (χ0n) is 36.5. The van der Waals surface area contributed by atoms with Crippen LogP contribution in [0.5, 0.6) is 0 Å². The normalized spacial score (nSPS) is 12.6. The Morgan fingerprint density at radius 1 is 0.509 bits per heavy atom. The summed E-state index contributed by atoms with van der Waals surface area (Å²) in [7, 11) is 0. The molecule has 7 nitrogen and oxygen atoms in total. The summed E-state index contributed by atoms with van der Waals surface area (Å²) >= 11 is 0. The van der Waals surface area contributed by atoms with E-state index in [1.807, 2.05) is 0 Å². The Kier molecular flexibility index (Phi) is 41.8. The monoisotopic (exact) mass is 777 g/mol. The molecule has 4 N–H and O–H groups in total. The van der Waals surface area contributed by atoms with Crippen molar-refractivity contribution in [3.63, 3.8) is 0 Å². The van der Waals surface area contributed by atoms with Crippen molar-refractivity contribution in [2.75, 3.05) is 6.54 Å². The Hall–Kier alpha value is -1.89. The van der Waals surface area contributed by atoms with Gasteiger partial charge in [-0.1, -0.05) is 180 Å². The van der Waals surface area contributed by atoms with Crippen molar-refractivity contribution in [2.45, 2.75) is 270 Å². The number of aliphatic carboxylic acids is 1. The molecule has 55 heavy (non-hydrogen) atoms. The van der Waals surface area contributed by atoms with Gasteiger partial charge >= 0.3 is 11.9 Å². The second-order valence-corrected chi connectivity index (χ2v) is 16.5. The van der Waals surface area contributed by atoms with Crippen molar-refractivity contribution in [1.29, 1.82) is 0 Å². The number of hydrogen-bond acceptors (Lipinski definition) is 5. The van der Waals surface area contributed by atoms with Crippen molar-refractivity contribution >= 4 is 17.8 Å². The minimum Gasteiger partial charge on any atom is -0.480 e. The molecule has 0 aliphatic rings. The Bertz CT molecular complexity index is 878. The van der Waals surface area contributed by atoms with Gasteiger partial charge in [0.15, 0.2) is 0 Å². The molecule has 0 heterocycles. The zero-order chi connectivity index (χ0) is 40.3. The SMILES string of the molecule is CCCCCCCC/C=C\CCCCCCCC(=O)OC(CCCCCCCCCCCCCCCC)CCCCCCCC(=O)NC(CCCN)C(=O)O. The molecule has 0 aromatic carbocycles. The summed E-state index contributed by atoms with van der Waals surface area (Å²) in [6.07, 6.45) is 48.3. The summed E-state index contributed by atoms with van der Waals surface area (Å²) in [5.41, 5.74) is 5.49. The third kappa shape index (κ3) is 40.1. The Morgan fingerprint density at radius 3 is 1.31 bits per heavy atom. The summed E-state index contributed by atoms with van der Waals surface area (Å²) < 4.78 is 6.07. The fourth-order valence-electron chi connectivity index (χ4n) is 7.45. The highest BCUT2D eigenvalue weighted by molar-refractivity contribution is 5.83.